The zero-order valence-electron chi connectivity index (χ0n) is 11.3. The zero-order chi connectivity index (χ0) is 14.8. The molecule has 110 valence electrons. The molecular formula is C14H17FO4S. The van der Waals surface area contributed by atoms with Crippen LogP contribution >= 0.6 is 0 Å². The van der Waals surface area contributed by atoms with E-state index in [0.717, 1.165) is 0 Å². The minimum absolute atomic E-state index is 0.0500. The van der Waals surface area contributed by atoms with Gasteiger partial charge in [0.2, 0.25) is 0 Å². The van der Waals surface area contributed by atoms with Crippen LogP contribution in [-0.2, 0) is 25.1 Å². The summed E-state index contributed by atoms with van der Waals surface area (Å²) in [5.74, 6) is -1.09. The third-order valence-corrected chi connectivity index (χ3v) is 5.33. The Bertz CT molecular complexity index is 605. The fourth-order valence-electron chi connectivity index (χ4n) is 2.33. The molecule has 0 saturated heterocycles. The molecule has 0 unspecified atom stereocenters. The Balaban J connectivity index is 2.03. The van der Waals surface area contributed by atoms with Crippen molar-refractivity contribution in [3.8, 4) is 0 Å². The first-order chi connectivity index (χ1) is 9.34. The van der Waals surface area contributed by atoms with Gasteiger partial charge in [0.15, 0.2) is 9.84 Å². The number of benzene rings is 1. The number of sulfone groups is 1. The number of methoxy groups -OCH3 is 1. The van der Waals surface area contributed by atoms with Crippen molar-refractivity contribution in [1.29, 1.82) is 0 Å². The number of carbonyl (C=O) groups excluding carboxylic acids is 1. The third kappa shape index (κ3) is 4.03. The van der Waals surface area contributed by atoms with Gasteiger partial charge in [-0.2, -0.15) is 0 Å². The SMILES string of the molecule is COC(=O)CC1(CS(=O)(=O)Cc2cccc(F)c2)CC1. The molecule has 1 aromatic carbocycles. The Labute approximate surface area is 117 Å². The summed E-state index contributed by atoms with van der Waals surface area (Å²) in [6, 6.07) is 5.56. The van der Waals surface area contributed by atoms with Gasteiger partial charge in [0.25, 0.3) is 0 Å². The number of carbonyl (C=O) groups is 1. The van der Waals surface area contributed by atoms with Crippen LogP contribution in [-0.4, -0.2) is 27.2 Å². The quantitative estimate of drug-likeness (QED) is 0.755. The Morgan fingerprint density at radius 2 is 2.10 bits per heavy atom. The van der Waals surface area contributed by atoms with E-state index in [1.54, 1.807) is 6.07 Å². The zero-order valence-corrected chi connectivity index (χ0v) is 12.1. The summed E-state index contributed by atoms with van der Waals surface area (Å²) < 4.78 is 42.0. The number of hydrogen-bond acceptors (Lipinski definition) is 4. The summed E-state index contributed by atoms with van der Waals surface area (Å²) in [5.41, 5.74) is -0.0435. The summed E-state index contributed by atoms with van der Waals surface area (Å²) in [7, 11) is -2.08. The maximum atomic E-state index is 13.1. The molecule has 20 heavy (non-hydrogen) atoms. The first-order valence-corrected chi connectivity index (χ1v) is 8.18. The van der Waals surface area contributed by atoms with Gasteiger partial charge in [0.1, 0.15) is 5.82 Å². The average Bonchev–Trinajstić information content (AvgIpc) is 3.06. The molecule has 2 rings (SSSR count). The normalized spacial score (nSPS) is 16.7. The number of hydrogen-bond donors (Lipinski definition) is 0. The fraction of sp³-hybridized carbons (Fsp3) is 0.500. The highest BCUT2D eigenvalue weighted by atomic mass is 32.2. The van der Waals surface area contributed by atoms with Crippen LogP contribution in [0.1, 0.15) is 24.8 Å². The number of halogens is 1. The summed E-state index contributed by atoms with van der Waals surface area (Å²) in [6.07, 6.45) is 1.56. The molecule has 1 saturated carbocycles. The van der Waals surface area contributed by atoms with E-state index in [1.165, 1.54) is 25.3 Å². The van der Waals surface area contributed by atoms with Crippen molar-refractivity contribution in [3.63, 3.8) is 0 Å². The van der Waals surface area contributed by atoms with Crippen LogP contribution in [0.15, 0.2) is 24.3 Å². The van der Waals surface area contributed by atoms with Crippen LogP contribution < -0.4 is 0 Å². The average molecular weight is 300 g/mol. The molecule has 0 N–H and O–H groups in total. The van der Waals surface area contributed by atoms with Crippen molar-refractivity contribution >= 4 is 15.8 Å². The lowest BCUT2D eigenvalue weighted by Crippen LogP contribution is -2.22. The molecule has 0 heterocycles. The van der Waals surface area contributed by atoms with Gasteiger partial charge < -0.3 is 4.74 Å². The van der Waals surface area contributed by atoms with Crippen LogP contribution in [0.2, 0.25) is 0 Å². The second-order valence-electron chi connectivity index (χ2n) is 5.42. The molecule has 0 bridgehead atoms. The van der Waals surface area contributed by atoms with E-state index in [0.29, 0.717) is 18.4 Å². The second kappa shape index (κ2) is 5.52. The van der Waals surface area contributed by atoms with Crippen LogP contribution in [0.3, 0.4) is 0 Å². The van der Waals surface area contributed by atoms with Crippen LogP contribution in [0.25, 0.3) is 0 Å². The lowest BCUT2D eigenvalue weighted by atomic mass is 10.1. The standard InChI is InChI=1S/C14H17FO4S/c1-19-13(16)8-14(5-6-14)10-20(17,18)9-11-3-2-4-12(15)7-11/h2-4,7H,5-6,8-10H2,1H3. The Morgan fingerprint density at radius 3 is 2.65 bits per heavy atom. The van der Waals surface area contributed by atoms with Gasteiger partial charge in [-0.3, -0.25) is 4.79 Å². The Kier molecular flexibility index (Phi) is 4.13. The number of rotatable bonds is 6. The van der Waals surface area contributed by atoms with Gasteiger partial charge in [0, 0.05) is 0 Å². The summed E-state index contributed by atoms with van der Waals surface area (Å²) in [4.78, 5) is 11.3. The second-order valence-corrected chi connectivity index (χ2v) is 7.48. The molecule has 0 aliphatic heterocycles. The molecule has 0 radical (unpaired) electrons. The highest BCUT2D eigenvalue weighted by Crippen LogP contribution is 2.50. The van der Waals surface area contributed by atoms with Crippen LogP contribution in [0, 0.1) is 11.2 Å². The first-order valence-electron chi connectivity index (χ1n) is 6.36. The molecule has 1 aliphatic carbocycles. The third-order valence-electron chi connectivity index (χ3n) is 3.51. The molecule has 4 nitrogen and oxygen atoms in total. The monoisotopic (exact) mass is 300 g/mol. The van der Waals surface area contributed by atoms with Gasteiger partial charge in [-0.15, -0.1) is 0 Å². The molecule has 0 amide bonds. The van der Waals surface area contributed by atoms with Crippen molar-refractivity contribution in [2.75, 3.05) is 12.9 Å². The van der Waals surface area contributed by atoms with Crippen molar-refractivity contribution in [3.05, 3.63) is 35.6 Å². The predicted molar refractivity (Wildman–Crippen MR) is 72.2 cm³/mol. The molecule has 0 spiro atoms. The smallest absolute Gasteiger partial charge is 0.306 e. The van der Waals surface area contributed by atoms with Crippen LogP contribution in [0.5, 0.6) is 0 Å². The molecule has 6 heteroatoms. The maximum Gasteiger partial charge on any atom is 0.306 e. The molecule has 1 aromatic rings. The summed E-state index contributed by atoms with van der Waals surface area (Å²) >= 11 is 0. The highest BCUT2D eigenvalue weighted by molar-refractivity contribution is 7.90. The lowest BCUT2D eigenvalue weighted by molar-refractivity contribution is -0.141. The van der Waals surface area contributed by atoms with Crippen molar-refractivity contribution in [1.82, 2.24) is 0 Å². The summed E-state index contributed by atoms with van der Waals surface area (Å²) in [6.45, 7) is 0. The summed E-state index contributed by atoms with van der Waals surface area (Å²) in [5, 5.41) is 0. The fourth-order valence-corrected chi connectivity index (χ4v) is 4.44. The van der Waals surface area contributed by atoms with E-state index in [2.05, 4.69) is 4.74 Å². The van der Waals surface area contributed by atoms with Crippen LogP contribution in [0.4, 0.5) is 4.39 Å². The molecular weight excluding hydrogens is 283 g/mol. The largest absolute Gasteiger partial charge is 0.469 e. The molecule has 0 aromatic heterocycles. The first kappa shape index (κ1) is 15.0. The van der Waals surface area contributed by atoms with Gasteiger partial charge in [-0.1, -0.05) is 12.1 Å². The van der Waals surface area contributed by atoms with Gasteiger partial charge in [-0.05, 0) is 36.0 Å². The Morgan fingerprint density at radius 1 is 1.40 bits per heavy atom. The lowest BCUT2D eigenvalue weighted by Gasteiger charge is -2.14. The van der Waals surface area contributed by atoms with E-state index in [9.17, 15) is 17.6 Å². The molecule has 1 aliphatic rings. The molecule has 1 fully saturated rings. The van der Waals surface area contributed by atoms with E-state index >= 15 is 0 Å². The highest BCUT2D eigenvalue weighted by Gasteiger charge is 2.47. The molecule has 0 atom stereocenters. The number of esters is 1. The van der Waals surface area contributed by atoms with Crippen molar-refractivity contribution in [2.24, 2.45) is 5.41 Å². The van der Waals surface area contributed by atoms with E-state index in [1.807, 2.05) is 0 Å². The van der Waals surface area contributed by atoms with E-state index in [-0.39, 0.29) is 23.9 Å². The van der Waals surface area contributed by atoms with E-state index in [4.69, 9.17) is 0 Å². The maximum absolute atomic E-state index is 13.1. The minimum atomic E-state index is -3.37. The van der Waals surface area contributed by atoms with E-state index < -0.39 is 21.1 Å². The number of ether oxygens (including phenoxy) is 1. The van der Waals surface area contributed by atoms with Gasteiger partial charge >= 0.3 is 5.97 Å². The Hall–Kier alpha value is -1.43. The predicted octanol–water partition coefficient (Wildman–Crippen LogP) is 2.08. The van der Waals surface area contributed by atoms with Gasteiger partial charge in [0.05, 0.1) is 25.0 Å². The van der Waals surface area contributed by atoms with Crippen molar-refractivity contribution in [2.45, 2.75) is 25.0 Å². The van der Waals surface area contributed by atoms with Gasteiger partial charge in [-0.25, -0.2) is 12.8 Å². The minimum Gasteiger partial charge on any atom is -0.469 e. The van der Waals surface area contributed by atoms with Crippen molar-refractivity contribution < 1.29 is 22.3 Å². The topological polar surface area (TPSA) is 60.4 Å².